The number of hydrogen-bond donors (Lipinski definition) is 1. The van der Waals surface area contributed by atoms with Crippen molar-refractivity contribution in [3.8, 4) is 17.2 Å². The van der Waals surface area contributed by atoms with Crippen LogP contribution >= 0.6 is 0 Å². The van der Waals surface area contributed by atoms with E-state index >= 15 is 0 Å². The van der Waals surface area contributed by atoms with Crippen molar-refractivity contribution in [2.75, 3.05) is 20.2 Å². The third kappa shape index (κ3) is 3.95. The fourth-order valence-corrected chi connectivity index (χ4v) is 3.20. The molecule has 1 unspecified atom stereocenters. The van der Waals surface area contributed by atoms with Gasteiger partial charge in [0, 0.05) is 37.9 Å². The first-order valence-electron chi connectivity index (χ1n) is 9.12. The molecule has 144 valence electrons. The maximum absolute atomic E-state index is 12.5. The van der Waals surface area contributed by atoms with Gasteiger partial charge in [0.05, 0.1) is 12.7 Å². The fraction of sp³-hybridized carbons (Fsp3) is 0.300. The first-order valence-corrected chi connectivity index (χ1v) is 9.12. The highest BCUT2D eigenvalue weighted by atomic mass is 16.5. The molecule has 0 bridgehead atoms. The Hall–Kier alpha value is -3.42. The summed E-state index contributed by atoms with van der Waals surface area (Å²) in [6.45, 7) is 1.70. The van der Waals surface area contributed by atoms with Crippen molar-refractivity contribution in [3.05, 3.63) is 60.2 Å². The van der Waals surface area contributed by atoms with Gasteiger partial charge in [-0.3, -0.25) is 4.98 Å². The van der Waals surface area contributed by atoms with Gasteiger partial charge in [0.1, 0.15) is 5.75 Å². The monoisotopic (exact) mass is 379 g/mol. The van der Waals surface area contributed by atoms with E-state index < -0.39 is 0 Å². The van der Waals surface area contributed by atoms with Gasteiger partial charge >= 0.3 is 6.03 Å². The Kier molecular flexibility index (Phi) is 5.18. The summed E-state index contributed by atoms with van der Waals surface area (Å²) in [7, 11) is 1.63. The smallest absolute Gasteiger partial charge is 0.317 e. The van der Waals surface area contributed by atoms with Crippen LogP contribution in [-0.2, 0) is 6.54 Å². The molecule has 2 amide bonds. The number of pyridine rings is 1. The van der Waals surface area contributed by atoms with Gasteiger partial charge in [-0.25, -0.2) is 4.79 Å². The molecular formula is C20H21N5O3. The lowest BCUT2D eigenvalue weighted by molar-refractivity contribution is 0.207. The quantitative estimate of drug-likeness (QED) is 0.733. The second kappa shape index (κ2) is 8.08. The molecule has 0 saturated carbocycles. The van der Waals surface area contributed by atoms with Crippen LogP contribution in [-0.4, -0.2) is 46.3 Å². The summed E-state index contributed by atoms with van der Waals surface area (Å²) < 4.78 is 10.5. The number of methoxy groups -OCH3 is 1. The van der Waals surface area contributed by atoms with E-state index in [0.717, 1.165) is 23.3 Å². The first-order chi connectivity index (χ1) is 13.7. The number of nitrogens with zero attached hydrogens (tertiary/aromatic N) is 4. The standard InChI is InChI=1S/C20H21N5O3/c1-27-17-6-4-14(5-7-17)11-22-20(26)25-10-8-16(13-25)18-23-19(28-24-18)15-3-2-9-21-12-15/h2-7,9,12,16H,8,10-11,13H2,1H3,(H,22,26). The fourth-order valence-electron chi connectivity index (χ4n) is 3.20. The molecule has 8 heteroatoms. The van der Waals surface area contributed by atoms with Crippen LogP contribution in [0.1, 0.15) is 23.7 Å². The summed E-state index contributed by atoms with van der Waals surface area (Å²) in [4.78, 5) is 22.8. The lowest BCUT2D eigenvalue weighted by atomic mass is 10.1. The number of hydrogen-bond acceptors (Lipinski definition) is 6. The first kappa shape index (κ1) is 18.0. The average Bonchev–Trinajstić information content (AvgIpc) is 3.43. The Morgan fingerprint density at radius 3 is 2.93 bits per heavy atom. The summed E-state index contributed by atoms with van der Waals surface area (Å²) in [5, 5.41) is 7.05. The van der Waals surface area contributed by atoms with Gasteiger partial charge in [-0.1, -0.05) is 17.3 Å². The van der Waals surface area contributed by atoms with E-state index in [-0.39, 0.29) is 11.9 Å². The van der Waals surface area contributed by atoms with Crippen LogP contribution < -0.4 is 10.1 Å². The van der Waals surface area contributed by atoms with Crippen molar-refractivity contribution < 1.29 is 14.1 Å². The highest BCUT2D eigenvalue weighted by Gasteiger charge is 2.30. The topological polar surface area (TPSA) is 93.4 Å². The zero-order chi connectivity index (χ0) is 19.3. The number of amides is 2. The van der Waals surface area contributed by atoms with Crippen molar-refractivity contribution in [2.45, 2.75) is 18.9 Å². The van der Waals surface area contributed by atoms with Crippen molar-refractivity contribution in [1.82, 2.24) is 25.3 Å². The third-order valence-corrected chi connectivity index (χ3v) is 4.79. The minimum Gasteiger partial charge on any atom is -0.497 e. The van der Waals surface area contributed by atoms with Gasteiger partial charge < -0.3 is 19.5 Å². The van der Waals surface area contributed by atoms with Gasteiger partial charge in [0.25, 0.3) is 5.89 Å². The number of aromatic nitrogens is 3. The number of likely N-dealkylation sites (tertiary alicyclic amines) is 1. The maximum atomic E-state index is 12.5. The maximum Gasteiger partial charge on any atom is 0.317 e. The van der Waals surface area contributed by atoms with Crippen LogP contribution in [0.5, 0.6) is 5.75 Å². The van der Waals surface area contributed by atoms with Gasteiger partial charge in [-0.2, -0.15) is 4.98 Å². The number of ether oxygens (including phenoxy) is 1. The molecule has 1 atom stereocenters. The molecule has 3 heterocycles. The van der Waals surface area contributed by atoms with E-state index in [1.807, 2.05) is 36.4 Å². The number of rotatable bonds is 5. The molecule has 1 aliphatic heterocycles. The molecule has 3 aromatic rings. The lowest BCUT2D eigenvalue weighted by Crippen LogP contribution is -2.38. The lowest BCUT2D eigenvalue weighted by Gasteiger charge is -2.17. The molecule has 2 aromatic heterocycles. The molecule has 1 fully saturated rings. The zero-order valence-electron chi connectivity index (χ0n) is 15.5. The summed E-state index contributed by atoms with van der Waals surface area (Å²) in [5.74, 6) is 1.94. The molecule has 0 aliphatic carbocycles. The van der Waals surface area contributed by atoms with E-state index in [1.165, 1.54) is 0 Å². The predicted molar refractivity (Wildman–Crippen MR) is 102 cm³/mol. The van der Waals surface area contributed by atoms with Crippen molar-refractivity contribution in [2.24, 2.45) is 0 Å². The van der Waals surface area contributed by atoms with Crippen LogP contribution in [0, 0.1) is 0 Å². The van der Waals surface area contributed by atoms with Gasteiger partial charge in [0.2, 0.25) is 0 Å². The molecule has 1 aromatic carbocycles. The van der Waals surface area contributed by atoms with Crippen LogP contribution in [0.2, 0.25) is 0 Å². The van der Waals surface area contributed by atoms with Crippen molar-refractivity contribution >= 4 is 6.03 Å². The van der Waals surface area contributed by atoms with Crippen LogP contribution in [0.3, 0.4) is 0 Å². The third-order valence-electron chi connectivity index (χ3n) is 4.79. The zero-order valence-corrected chi connectivity index (χ0v) is 15.5. The minimum absolute atomic E-state index is 0.0703. The van der Waals surface area contributed by atoms with E-state index in [0.29, 0.717) is 31.3 Å². The summed E-state index contributed by atoms with van der Waals surface area (Å²) >= 11 is 0. The van der Waals surface area contributed by atoms with Crippen LogP contribution in [0.4, 0.5) is 4.79 Å². The number of nitrogens with one attached hydrogen (secondary N) is 1. The Balaban J connectivity index is 1.32. The average molecular weight is 379 g/mol. The SMILES string of the molecule is COc1ccc(CNC(=O)N2CCC(c3noc(-c4cccnc4)n3)C2)cc1. The molecular weight excluding hydrogens is 358 g/mol. The summed E-state index contributed by atoms with van der Waals surface area (Å²) in [6.07, 6.45) is 4.19. The van der Waals surface area contributed by atoms with Gasteiger partial charge in [-0.05, 0) is 36.2 Å². The summed E-state index contributed by atoms with van der Waals surface area (Å²) in [5.41, 5.74) is 1.80. The Bertz CT molecular complexity index is 927. The molecule has 8 nitrogen and oxygen atoms in total. The molecule has 1 aliphatic rings. The molecule has 0 spiro atoms. The van der Waals surface area contributed by atoms with E-state index in [1.54, 1.807) is 24.4 Å². The van der Waals surface area contributed by atoms with Gasteiger partial charge in [0.15, 0.2) is 5.82 Å². The highest BCUT2D eigenvalue weighted by Crippen LogP contribution is 2.27. The van der Waals surface area contributed by atoms with Gasteiger partial charge in [-0.15, -0.1) is 0 Å². The number of carbonyl (C=O) groups excluding carboxylic acids is 1. The number of benzene rings is 1. The van der Waals surface area contributed by atoms with Crippen molar-refractivity contribution in [3.63, 3.8) is 0 Å². The Morgan fingerprint density at radius 2 is 2.18 bits per heavy atom. The molecule has 28 heavy (non-hydrogen) atoms. The van der Waals surface area contributed by atoms with E-state index in [2.05, 4.69) is 20.4 Å². The Morgan fingerprint density at radius 1 is 1.32 bits per heavy atom. The highest BCUT2D eigenvalue weighted by molar-refractivity contribution is 5.74. The predicted octanol–water partition coefficient (Wildman–Crippen LogP) is 2.84. The van der Waals surface area contributed by atoms with Crippen LogP contribution in [0.25, 0.3) is 11.5 Å². The minimum atomic E-state index is -0.0886. The molecule has 1 N–H and O–H groups in total. The normalized spacial score (nSPS) is 16.2. The van der Waals surface area contributed by atoms with Crippen LogP contribution in [0.15, 0.2) is 53.3 Å². The van der Waals surface area contributed by atoms with E-state index in [9.17, 15) is 4.79 Å². The second-order valence-corrected chi connectivity index (χ2v) is 6.64. The molecule has 0 radical (unpaired) electrons. The Labute approximate surface area is 162 Å². The number of urea groups is 1. The molecule has 4 rings (SSSR count). The summed E-state index contributed by atoms with van der Waals surface area (Å²) in [6, 6.07) is 11.2. The number of carbonyl (C=O) groups is 1. The largest absolute Gasteiger partial charge is 0.497 e. The van der Waals surface area contributed by atoms with Crippen molar-refractivity contribution in [1.29, 1.82) is 0 Å². The second-order valence-electron chi connectivity index (χ2n) is 6.64. The molecule has 1 saturated heterocycles. The van der Waals surface area contributed by atoms with E-state index in [4.69, 9.17) is 9.26 Å².